The molecule has 0 bridgehead atoms. The number of aromatic amines is 2. The number of ether oxygens (including phenoxy) is 1. The van der Waals surface area contributed by atoms with Crippen LogP contribution < -0.4 is 10.1 Å². The Morgan fingerprint density at radius 3 is 2.52 bits per heavy atom. The standard InChI is InChI=1S/C18H14F3N3O/c1-25-15-7-3-6-12-13(15)9-14-16(12)23-24-17(14)22-11-5-2-4-10(8-11)18(19,20)21/h2-9,22-24H,1H3. The van der Waals surface area contributed by atoms with Gasteiger partial charge in [-0.2, -0.15) is 13.2 Å². The lowest BCUT2D eigenvalue weighted by molar-refractivity contribution is -0.137. The predicted octanol–water partition coefficient (Wildman–Crippen LogP) is 5.37. The highest BCUT2D eigenvalue weighted by molar-refractivity contribution is 6.06. The molecule has 0 fully saturated rings. The minimum Gasteiger partial charge on any atom is -0.496 e. The quantitative estimate of drug-likeness (QED) is 0.467. The number of hydrogen-bond donors (Lipinski definition) is 3. The molecule has 0 amide bonds. The van der Waals surface area contributed by atoms with Crippen molar-refractivity contribution in [2.45, 2.75) is 6.18 Å². The van der Waals surface area contributed by atoms with Gasteiger partial charge in [-0.1, -0.05) is 18.2 Å². The van der Waals surface area contributed by atoms with Gasteiger partial charge in [-0.3, -0.25) is 10.2 Å². The van der Waals surface area contributed by atoms with Gasteiger partial charge in [-0.05, 0) is 30.3 Å². The molecule has 2 aromatic carbocycles. The Labute approximate surface area is 140 Å². The number of nitrogens with one attached hydrogen (secondary N) is 3. The van der Waals surface area contributed by atoms with Gasteiger partial charge in [-0.25, -0.2) is 0 Å². The van der Waals surface area contributed by atoms with Crippen LogP contribution in [-0.4, -0.2) is 17.3 Å². The van der Waals surface area contributed by atoms with Gasteiger partial charge in [0.2, 0.25) is 0 Å². The highest BCUT2D eigenvalue weighted by Gasteiger charge is 2.30. The van der Waals surface area contributed by atoms with Crippen molar-refractivity contribution < 1.29 is 17.9 Å². The second-order valence-corrected chi connectivity index (χ2v) is 5.68. The average Bonchev–Trinajstić information content (AvgIpc) is 3.14. The van der Waals surface area contributed by atoms with E-state index in [1.165, 1.54) is 6.07 Å². The molecule has 1 aliphatic heterocycles. The van der Waals surface area contributed by atoms with E-state index in [4.69, 9.17) is 4.74 Å². The van der Waals surface area contributed by atoms with Gasteiger partial charge in [0, 0.05) is 22.0 Å². The van der Waals surface area contributed by atoms with Crippen LogP contribution in [0.1, 0.15) is 5.56 Å². The summed E-state index contributed by atoms with van der Waals surface area (Å²) in [4.78, 5) is 0. The molecule has 25 heavy (non-hydrogen) atoms. The summed E-state index contributed by atoms with van der Waals surface area (Å²) in [5.41, 5.74) is 1.36. The van der Waals surface area contributed by atoms with Crippen molar-refractivity contribution in [3.05, 3.63) is 54.1 Å². The zero-order valence-corrected chi connectivity index (χ0v) is 13.2. The van der Waals surface area contributed by atoms with Crippen molar-refractivity contribution in [1.82, 2.24) is 10.2 Å². The smallest absolute Gasteiger partial charge is 0.416 e. The lowest BCUT2D eigenvalue weighted by Crippen LogP contribution is -2.05. The summed E-state index contributed by atoms with van der Waals surface area (Å²) < 4.78 is 44.0. The fourth-order valence-electron chi connectivity index (χ4n) is 2.99. The molecule has 0 saturated carbocycles. The summed E-state index contributed by atoms with van der Waals surface area (Å²) in [7, 11) is 1.60. The summed E-state index contributed by atoms with van der Waals surface area (Å²) in [5.74, 6) is 1.33. The number of anilines is 2. The number of H-pyrrole nitrogens is 2. The predicted molar refractivity (Wildman–Crippen MR) is 90.6 cm³/mol. The van der Waals surface area contributed by atoms with Crippen LogP contribution in [-0.2, 0) is 6.18 Å². The number of alkyl halides is 3. The Hall–Kier alpha value is -3.09. The topological polar surface area (TPSA) is 52.8 Å². The molecule has 1 aliphatic carbocycles. The Morgan fingerprint density at radius 2 is 1.76 bits per heavy atom. The van der Waals surface area contributed by atoms with Gasteiger partial charge in [0.15, 0.2) is 0 Å². The normalized spacial score (nSPS) is 12.0. The van der Waals surface area contributed by atoms with Crippen molar-refractivity contribution in [3.63, 3.8) is 0 Å². The van der Waals surface area contributed by atoms with Crippen LogP contribution in [0.15, 0.2) is 48.5 Å². The van der Waals surface area contributed by atoms with Crippen LogP contribution in [0.25, 0.3) is 22.0 Å². The second-order valence-electron chi connectivity index (χ2n) is 5.68. The fourth-order valence-corrected chi connectivity index (χ4v) is 2.99. The van der Waals surface area contributed by atoms with E-state index in [2.05, 4.69) is 15.5 Å². The number of rotatable bonds is 3. The third kappa shape index (κ3) is 2.57. The first kappa shape index (κ1) is 15.4. The van der Waals surface area contributed by atoms with Crippen molar-refractivity contribution in [1.29, 1.82) is 0 Å². The van der Waals surface area contributed by atoms with Crippen LogP contribution in [0.5, 0.6) is 5.75 Å². The first-order valence-electron chi connectivity index (χ1n) is 7.57. The van der Waals surface area contributed by atoms with E-state index in [1.807, 2.05) is 24.3 Å². The van der Waals surface area contributed by atoms with Crippen molar-refractivity contribution >= 4 is 22.3 Å². The number of hydrogen-bond acceptors (Lipinski definition) is 2. The first-order chi connectivity index (χ1) is 12.0. The van der Waals surface area contributed by atoms with E-state index in [-0.39, 0.29) is 0 Å². The Kier molecular flexibility index (Phi) is 3.38. The highest BCUT2D eigenvalue weighted by Crippen LogP contribution is 2.41. The van der Waals surface area contributed by atoms with Gasteiger partial charge >= 0.3 is 6.18 Å². The minimum atomic E-state index is -4.38. The van der Waals surface area contributed by atoms with Gasteiger partial charge in [0.25, 0.3) is 0 Å². The molecule has 0 atom stereocenters. The van der Waals surface area contributed by atoms with E-state index in [1.54, 1.807) is 13.2 Å². The number of methoxy groups -OCH3 is 1. The molecule has 3 N–H and O–H groups in total. The maximum absolute atomic E-state index is 12.9. The molecule has 0 spiro atoms. The van der Waals surface area contributed by atoms with Crippen molar-refractivity contribution in [2.24, 2.45) is 0 Å². The lowest BCUT2D eigenvalue weighted by atomic mass is 10.2. The third-order valence-corrected chi connectivity index (χ3v) is 4.15. The maximum Gasteiger partial charge on any atom is 0.416 e. The van der Waals surface area contributed by atoms with Crippen LogP contribution in [0.2, 0.25) is 0 Å². The molecule has 0 saturated heterocycles. The first-order valence-corrected chi connectivity index (χ1v) is 7.57. The third-order valence-electron chi connectivity index (χ3n) is 4.15. The van der Waals surface area contributed by atoms with Crippen LogP contribution in [0.4, 0.5) is 24.7 Å². The summed E-state index contributed by atoms with van der Waals surface area (Å²) >= 11 is 0. The van der Waals surface area contributed by atoms with Crippen LogP contribution >= 0.6 is 0 Å². The Bertz CT molecular complexity index is 1020. The van der Waals surface area contributed by atoms with Gasteiger partial charge in [-0.15, -0.1) is 0 Å². The van der Waals surface area contributed by atoms with Crippen molar-refractivity contribution in [3.8, 4) is 17.0 Å². The zero-order valence-electron chi connectivity index (χ0n) is 13.2. The maximum atomic E-state index is 12.9. The largest absolute Gasteiger partial charge is 0.496 e. The summed E-state index contributed by atoms with van der Waals surface area (Å²) in [6.45, 7) is 0. The molecular formula is C18H14F3N3O. The molecule has 4 rings (SSSR count). The number of aromatic nitrogens is 2. The number of benzene rings is 2. The van der Waals surface area contributed by atoms with Gasteiger partial charge < -0.3 is 10.1 Å². The van der Waals surface area contributed by atoms with E-state index in [0.29, 0.717) is 11.5 Å². The lowest BCUT2D eigenvalue weighted by Gasteiger charge is -2.10. The summed E-state index contributed by atoms with van der Waals surface area (Å²) in [6, 6.07) is 12.7. The van der Waals surface area contributed by atoms with Gasteiger partial charge in [0.05, 0.1) is 18.4 Å². The molecule has 2 aliphatic rings. The monoisotopic (exact) mass is 345 g/mol. The summed E-state index contributed by atoms with van der Waals surface area (Å²) in [5, 5.41) is 11.0. The second kappa shape index (κ2) is 5.47. The van der Waals surface area contributed by atoms with E-state index in [9.17, 15) is 13.2 Å². The average molecular weight is 345 g/mol. The molecule has 128 valence electrons. The molecule has 7 heteroatoms. The SMILES string of the molecule is COc1cccc2c3[nH][nH]c(Nc4cccc(C(F)(F)F)c4)c-3cc12. The highest BCUT2D eigenvalue weighted by atomic mass is 19.4. The molecule has 4 nitrogen and oxygen atoms in total. The van der Waals surface area contributed by atoms with E-state index >= 15 is 0 Å². The fraction of sp³-hybridized carbons (Fsp3) is 0.111. The molecule has 0 aromatic heterocycles. The van der Waals surface area contributed by atoms with Gasteiger partial charge in [0.1, 0.15) is 11.6 Å². The van der Waals surface area contributed by atoms with Crippen LogP contribution in [0.3, 0.4) is 0 Å². The van der Waals surface area contributed by atoms with Crippen LogP contribution in [0, 0.1) is 0 Å². The molecular weight excluding hydrogens is 331 g/mol. The van der Waals surface area contributed by atoms with E-state index < -0.39 is 11.7 Å². The minimum absolute atomic E-state index is 0.351. The molecule has 1 heterocycles. The zero-order chi connectivity index (χ0) is 17.6. The van der Waals surface area contributed by atoms with Crippen molar-refractivity contribution in [2.75, 3.05) is 12.4 Å². The Balaban J connectivity index is 1.75. The van der Waals surface area contributed by atoms with E-state index in [0.717, 1.165) is 39.9 Å². The Morgan fingerprint density at radius 1 is 0.960 bits per heavy atom. The molecule has 0 unspecified atom stereocenters. The molecule has 2 aromatic rings. The molecule has 0 radical (unpaired) electrons. The number of halogens is 3. The number of fused-ring (bicyclic) bond motifs is 3. The summed E-state index contributed by atoms with van der Waals surface area (Å²) in [6.07, 6.45) is -4.38.